The Balaban J connectivity index is 1.92. The van der Waals surface area contributed by atoms with Crippen LogP contribution in [-0.2, 0) is 20.0 Å². The van der Waals surface area contributed by atoms with Crippen LogP contribution in [0.2, 0.25) is 0 Å². The molecule has 0 saturated carbocycles. The van der Waals surface area contributed by atoms with Gasteiger partial charge in [0.2, 0.25) is 0 Å². The number of nitrogens with zero attached hydrogens (tertiary/aromatic N) is 3. The van der Waals surface area contributed by atoms with Crippen LogP contribution in [-0.4, -0.2) is 20.7 Å². The van der Waals surface area contributed by atoms with E-state index in [4.69, 9.17) is 0 Å². The summed E-state index contributed by atoms with van der Waals surface area (Å²) in [6, 6.07) is 2.71. The largest absolute Gasteiger partial charge is 0.353 e. The van der Waals surface area contributed by atoms with Crippen molar-refractivity contribution in [2.75, 3.05) is 6.54 Å². The summed E-state index contributed by atoms with van der Waals surface area (Å²) in [5.41, 5.74) is 1.39. The molecule has 0 radical (unpaired) electrons. The van der Waals surface area contributed by atoms with E-state index in [-0.39, 0.29) is 0 Å². The lowest BCUT2D eigenvalue weighted by molar-refractivity contribution is 0.517. The predicted octanol–water partition coefficient (Wildman–Crippen LogP) is 2.92. The summed E-state index contributed by atoms with van der Waals surface area (Å²) in [6.45, 7) is 6.50. The van der Waals surface area contributed by atoms with E-state index in [0.717, 1.165) is 31.8 Å². The van der Waals surface area contributed by atoms with Gasteiger partial charge >= 0.3 is 0 Å². The Morgan fingerprint density at radius 3 is 2.80 bits per heavy atom. The molecule has 0 aliphatic heterocycles. The Morgan fingerprint density at radius 1 is 1.30 bits per heavy atom. The van der Waals surface area contributed by atoms with Crippen LogP contribution in [0.5, 0.6) is 0 Å². The third kappa shape index (κ3) is 3.73. The second-order valence-electron chi connectivity index (χ2n) is 5.30. The smallest absolute Gasteiger partial charge is 0.110 e. The van der Waals surface area contributed by atoms with E-state index in [0.29, 0.717) is 6.04 Å². The second-order valence-corrected chi connectivity index (χ2v) is 5.30. The molecule has 2 aromatic heterocycles. The maximum atomic E-state index is 4.37. The van der Waals surface area contributed by atoms with Crippen molar-refractivity contribution in [1.82, 2.24) is 19.4 Å². The third-order valence-corrected chi connectivity index (χ3v) is 3.74. The minimum absolute atomic E-state index is 0.476. The normalized spacial score (nSPS) is 12.8. The molecule has 0 aliphatic carbocycles. The van der Waals surface area contributed by atoms with Gasteiger partial charge < -0.3 is 14.5 Å². The van der Waals surface area contributed by atoms with E-state index in [1.165, 1.54) is 12.0 Å². The average molecular weight is 274 g/mol. The van der Waals surface area contributed by atoms with Crippen molar-refractivity contribution < 1.29 is 0 Å². The SMILES string of the molecule is CCCNC(CC)c1ccn(CCc2nccn2C)c1. The molecule has 0 amide bonds. The van der Waals surface area contributed by atoms with Gasteiger partial charge in [0.25, 0.3) is 0 Å². The molecule has 0 spiro atoms. The van der Waals surface area contributed by atoms with Crippen molar-refractivity contribution in [1.29, 1.82) is 0 Å². The highest BCUT2D eigenvalue weighted by atomic mass is 15.0. The molecule has 0 bridgehead atoms. The summed E-state index contributed by atoms with van der Waals surface area (Å²) in [4.78, 5) is 4.37. The van der Waals surface area contributed by atoms with Crippen molar-refractivity contribution in [2.24, 2.45) is 7.05 Å². The van der Waals surface area contributed by atoms with E-state index in [9.17, 15) is 0 Å². The van der Waals surface area contributed by atoms with Gasteiger partial charge in [-0.05, 0) is 31.0 Å². The van der Waals surface area contributed by atoms with Crippen LogP contribution in [0.3, 0.4) is 0 Å². The molecule has 0 fully saturated rings. The monoisotopic (exact) mass is 274 g/mol. The third-order valence-electron chi connectivity index (χ3n) is 3.74. The fraction of sp³-hybridized carbons (Fsp3) is 0.562. The first-order chi connectivity index (χ1) is 9.74. The highest BCUT2D eigenvalue weighted by molar-refractivity contribution is 5.15. The topological polar surface area (TPSA) is 34.8 Å². The lowest BCUT2D eigenvalue weighted by Crippen LogP contribution is -2.21. The van der Waals surface area contributed by atoms with Crippen LogP contribution in [0, 0.1) is 0 Å². The lowest BCUT2D eigenvalue weighted by Gasteiger charge is -2.15. The molecule has 4 heteroatoms. The summed E-state index contributed by atoms with van der Waals surface area (Å²) in [5.74, 6) is 1.14. The number of hydrogen-bond donors (Lipinski definition) is 1. The number of aromatic nitrogens is 3. The molecule has 1 N–H and O–H groups in total. The first kappa shape index (κ1) is 14.9. The van der Waals surface area contributed by atoms with E-state index in [2.05, 4.69) is 51.7 Å². The molecule has 2 heterocycles. The van der Waals surface area contributed by atoms with Gasteiger partial charge in [-0.25, -0.2) is 4.98 Å². The van der Waals surface area contributed by atoms with Gasteiger partial charge in [0.15, 0.2) is 0 Å². The molecule has 1 unspecified atom stereocenters. The zero-order chi connectivity index (χ0) is 14.4. The van der Waals surface area contributed by atoms with Gasteiger partial charge in [-0.1, -0.05) is 13.8 Å². The van der Waals surface area contributed by atoms with Gasteiger partial charge in [0.1, 0.15) is 5.82 Å². The Bertz CT molecular complexity index is 512. The highest BCUT2D eigenvalue weighted by Crippen LogP contribution is 2.17. The fourth-order valence-corrected chi connectivity index (χ4v) is 2.49. The number of rotatable bonds is 8. The fourth-order valence-electron chi connectivity index (χ4n) is 2.49. The number of hydrogen-bond acceptors (Lipinski definition) is 2. The van der Waals surface area contributed by atoms with Gasteiger partial charge in [0, 0.05) is 50.8 Å². The molecular formula is C16H26N4. The van der Waals surface area contributed by atoms with Gasteiger partial charge in [-0.3, -0.25) is 0 Å². The van der Waals surface area contributed by atoms with Crippen LogP contribution in [0.25, 0.3) is 0 Å². The Hall–Kier alpha value is -1.55. The average Bonchev–Trinajstić information content (AvgIpc) is 3.07. The van der Waals surface area contributed by atoms with Crippen molar-refractivity contribution in [2.45, 2.75) is 45.7 Å². The van der Waals surface area contributed by atoms with Crippen molar-refractivity contribution in [3.8, 4) is 0 Å². The highest BCUT2D eigenvalue weighted by Gasteiger charge is 2.09. The van der Waals surface area contributed by atoms with E-state index in [1.54, 1.807) is 0 Å². The first-order valence-electron chi connectivity index (χ1n) is 7.59. The van der Waals surface area contributed by atoms with Gasteiger partial charge in [-0.15, -0.1) is 0 Å². The standard InChI is InChI=1S/C16H26N4/c1-4-8-17-15(5-2)14-6-10-20(13-14)11-7-16-18-9-12-19(16)3/h6,9-10,12-13,15,17H,4-5,7-8,11H2,1-3H3. The van der Waals surface area contributed by atoms with Crippen molar-refractivity contribution in [3.05, 3.63) is 42.2 Å². The maximum Gasteiger partial charge on any atom is 0.110 e. The second kappa shape index (κ2) is 7.29. The molecule has 2 rings (SSSR count). The molecular weight excluding hydrogens is 248 g/mol. The van der Waals surface area contributed by atoms with Crippen LogP contribution in [0.1, 0.15) is 44.1 Å². The maximum absolute atomic E-state index is 4.37. The molecule has 1 atom stereocenters. The summed E-state index contributed by atoms with van der Waals surface area (Å²) < 4.78 is 4.35. The zero-order valence-electron chi connectivity index (χ0n) is 12.8. The van der Waals surface area contributed by atoms with E-state index in [1.807, 2.05) is 19.4 Å². The lowest BCUT2D eigenvalue weighted by atomic mass is 10.1. The van der Waals surface area contributed by atoms with Crippen molar-refractivity contribution in [3.63, 3.8) is 0 Å². The quantitative estimate of drug-likeness (QED) is 0.803. The Labute approximate surface area is 121 Å². The molecule has 20 heavy (non-hydrogen) atoms. The van der Waals surface area contributed by atoms with Crippen LogP contribution < -0.4 is 5.32 Å². The van der Waals surface area contributed by atoms with E-state index < -0.39 is 0 Å². The minimum atomic E-state index is 0.476. The predicted molar refractivity (Wildman–Crippen MR) is 82.7 cm³/mol. The number of imidazole rings is 1. The molecule has 0 saturated heterocycles. The minimum Gasteiger partial charge on any atom is -0.353 e. The van der Waals surface area contributed by atoms with E-state index >= 15 is 0 Å². The number of nitrogens with one attached hydrogen (secondary N) is 1. The zero-order valence-corrected chi connectivity index (χ0v) is 12.8. The van der Waals surface area contributed by atoms with Crippen LogP contribution >= 0.6 is 0 Å². The van der Waals surface area contributed by atoms with Crippen LogP contribution in [0.4, 0.5) is 0 Å². The number of aryl methyl sites for hydroxylation is 3. The molecule has 0 aromatic carbocycles. The van der Waals surface area contributed by atoms with Gasteiger partial charge in [0.05, 0.1) is 0 Å². The Morgan fingerprint density at radius 2 is 2.15 bits per heavy atom. The molecule has 110 valence electrons. The molecule has 4 nitrogen and oxygen atoms in total. The summed E-state index contributed by atoms with van der Waals surface area (Å²) >= 11 is 0. The summed E-state index contributed by atoms with van der Waals surface area (Å²) in [5, 5.41) is 3.60. The Kier molecular flexibility index (Phi) is 5.41. The summed E-state index contributed by atoms with van der Waals surface area (Å²) in [6.07, 6.45) is 11.6. The first-order valence-corrected chi connectivity index (χ1v) is 7.59. The summed E-state index contributed by atoms with van der Waals surface area (Å²) in [7, 11) is 2.05. The van der Waals surface area contributed by atoms with Gasteiger partial charge in [-0.2, -0.15) is 0 Å². The van der Waals surface area contributed by atoms with Crippen molar-refractivity contribution >= 4 is 0 Å². The molecule has 0 aliphatic rings. The molecule has 2 aromatic rings. The van der Waals surface area contributed by atoms with Crippen LogP contribution in [0.15, 0.2) is 30.9 Å².